The monoisotopic (exact) mass is 271 g/mol. The Labute approximate surface area is 121 Å². The zero-order chi connectivity index (χ0) is 14.1. The lowest BCUT2D eigenvalue weighted by atomic mass is 9.92. The van der Waals surface area contributed by atoms with Gasteiger partial charge >= 0.3 is 0 Å². The summed E-state index contributed by atoms with van der Waals surface area (Å²) in [6, 6.07) is 7.29. The van der Waals surface area contributed by atoms with E-state index in [2.05, 4.69) is 48.9 Å². The van der Waals surface area contributed by atoms with E-state index >= 15 is 0 Å². The first-order valence-electron chi connectivity index (χ1n) is 7.83. The predicted molar refractivity (Wildman–Crippen MR) is 84.2 cm³/mol. The number of benzene rings is 1. The van der Waals surface area contributed by atoms with Crippen molar-refractivity contribution in [1.82, 2.24) is 14.9 Å². The molecule has 1 N–H and O–H groups in total. The summed E-state index contributed by atoms with van der Waals surface area (Å²) in [5.74, 6) is 1.90. The standard InChI is InChI=1S/C17H25N3/c1-12(2)20-13(3)19-16-10-14(6-7-17(16)20)9-15-5-4-8-18-11-15/h6-7,10,12,15,18H,4-5,8-9,11H2,1-3H3. The van der Waals surface area contributed by atoms with Crippen LogP contribution in [0.4, 0.5) is 0 Å². The molecule has 3 nitrogen and oxygen atoms in total. The second kappa shape index (κ2) is 5.57. The highest BCUT2D eigenvalue weighted by molar-refractivity contribution is 5.77. The van der Waals surface area contributed by atoms with E-state index in [9.17, 15) is 0 Å². The molecule has 1 aliphatic heterocycles. The van der Waals surface area contributed by atoms with Gasteiger partial charge in [-0.3, -0.25) is 0 Å². The van der Waals surface area contributed by atoms with Crippen molar-refractivity contribution in [2.75, 3.05) is 13.1 Å². The summed E-state index contributed by atoms with van der Waals surface area (Å²) in [6.45, 7) is 8.89. The lowest BCUT2D eigenvalue weighted by Crippen LogP contribution is -2.30. The van der Waals surface area contributed by atoms with Crippen LogP contribution in [-0.4, -0.2) is 22.6 Å². The number of aromatic nitrogens is 2. The molecule has 2 aromatic rings. The molecule has 0 radical (unpaired) electrons. The molecule has 1 aliphatic rings. The molecular weight excluding hydrogens is 246 g/mol. The Morgan fingerprint density at radius 2 is 2.25 bits per heavy atom. The summed E-state index contributed by atoms with van der Waals surface area (Å²) in [7, 11) is 0. The predicted octanol–water partition coefficient (Wildman–Crippen LogP) is 3.47. The van der Waals surface area contributed by atoms with E-state index in [4.69, 9.17) is 4.98 Å². The SMILES string of the molecule is Cc1nc2cc(CC3CCCNC3)ccc2n1C(C)C. The molecule has 0 saturated carbocycles. The highest BCUT2D eigenvalue weighted by Crippen LogP contribution is 2.24. The van der Waals surface area contributed by atoms with E-state index in [1.54, 1.807) is 0 Å². The lowest BCUT2D eigenvalue weighted by Gasteiger charge is -2.22. The van der Waals surface area contributed by atoms with Gasteiger partial charge < -0.3 is 9.88 Å². The lowest BCUT2D eigenvalue weighted by molar-refractivity contribution is 0.376. The Kier molecular flexibility index (Phi) is 3.79. The summed E-state index contributed by atoms with van der Waals surface area (Å²) < 4.78 is 2.32. The second-order valence-electron chi connectivity index (χ2n) is 6.36. The molecule has 3 heteroatoms. The first kappa shape index (κ1) is 13.6. The molecule has 2 heterocycles. The van der Waals surface area contributed by atoms with Crippen molar-refractivity contribution in [2.24, 2.45) is 5.92 Å². The van der Waals surface area contributed by atoms with E-state index in [1.807, 2.05) is 0 Å². The fraction of sp³-hybridized carbons (Fsp3) is 0.588. The van der Waals surface area contributed by atoms with Crippen LogP contribution < -0.4 is 5.32 Å². The third-order valence-electron chi connectivity index (χ3n) is 4.37. The normalized spacial score (nSPS) is 19.9. The quantitative estimate of drug-likeness (QED) is 0.926. The van der Waals surface area contributed by atoms with E-state index in [-0.39, 0.29) is 0 Å². The molecule has 20 heavy (non-hydrogen) atoms. The van der Waals surface area contributed by atoms with Crippen molar-refractivity contribution in [2.45, 2.75) is 46.1 Å². The zero-order valence-electron chi connectivity index (χ0n) is 12.8. The van der Waals surface area contributed by atoms with E-state index in [0.29, 0.717) is 6.04 Å². The van der Waals surface area contributed by atoms with Gasteiger partial charge in [0.2, 0.25) is 0 Å². The Morgan fingerprint density at radius 3 is 2.95 bits per heavy atom. The van der Waals surface area contributed by atoms with Gasteiger partial charge in [0, 0.05) is 6.04 Å². The fourth-order valence-corrected chi connectivity index (χ4v) is 3.48. The average Bonchev–Trinajstić information content (AvgIpc) is 2.75. The van der Waals surface area contributed by atoms with E-state index < -0.39 is 0 Å². The molecule has 0 amide bonds. The average molecular weight is 271 g/mol. The van der Waals surface area contributed by atoms with Crippen LogP contribution in [0.1, 0.15) is 44.1 Å². The van der Waals surface area contributed by atoms with Crippen LogP contribution in [0, 0.1) is 12.8 Å². The van der Waals surface area contributed by atoms with E-state index in [0.717, 1.165) is 23.8 Å². The minimum atomic E-state index is 0.466. The maximum Gasteiger partial charge on any atom is 0.106 e. The van der Waals surface area contributed by atoms with Crippen molar-refractivity contribution < 1.29 is 0 Å². The van der Waals surface area contributed by atoms with Gasteiger partial charge in [-0.25, -0.2) is 4.98 Å². The molecular formula is C17H25N3. The number of hydrogen-bond donors (Lipinski definition) is 1. The Balaban J connectivity index is 1.87. The van der Waals surface area contributed by atoms with Crippen LogP contribution in [0.25, 0.3) is 11.0 Å². The number of piperidine rings is 1. The molecule has 1 aromatic heterocycles. The minimum Gasteiger partial charge on any atom is -0.326 e. The summed E-state index contributed by atoms with van der Waals surface area (Å²) >= 11 is 0. The van der Waals surface area contributed by atoms with Crippen LogP contribution in [-0.2, 0) is 6.42 Å². The topological polar surface area (TPSA) is 29.9 Å². The van der Waals surface area contributed by atoms with Crippen LogP contribution in [0.2, 0.25) is 0 Å². The number of imidazole rings is 1. The van der Waals surface area contributed by atoms with E-state index in [1.165, 1.54) is 36.9 Å². The number of fused-ring (bicyclic) bond motifs is 1. The molecule has 108 valence electrons. The van der Waals surface area contributed by atoms with Gasteiger partial charge in [0.15, 0.2) is 0 Å². The molecule has 1 saturated heterocycles. The maximum absolute atomic E-state index is 4.74. The first-order chi connectivity index (χ1) is 9.65. The molecule has 1 atom stereocenters. The van der Waals surface area contributed by atoms with Crippen LogP contribution >= 0.6 is 0 Å². The molecule has 0 aliphatic carbocycles. The third kappa shape index (κ3) is 2.59. The number of aryl methyl sites for hydroxylation is 1. The number of rotatable bonds is 3. The number of nitrogens with one attached hydrogen (secondary N) is 1. The fourth-order valence-electron chi connectivity index (χ4n) is 3.48. The van der Waals surface area contributed by atoms with Crippen LogP contribution in [0.15, 0.2) is 18.2 Å². The molecule has 0 spiro atoms. The van der Waals surface area contributed by atoms with Crippen LogP contribution in [0.3, 0.4) is 0 Å². The molecule has 0 bridgehead atoms. The Hall–Kier alpha value is -1.35. The highest BCUT2D eigenvalue weighted by Gasteiger charge is 2.15. The van der Waals surface area contributed by atoms with Gasteiger partial charge in [-0.15, -0.1) is 0 Å². The Morgan fingerprint density at radius 1 is 1.40 bits per heavy atom. The number of hydrogen-bond acceptors (Lipinski definition) is 2. The van der Waals surface area contributed by atoms with Gasteiger partial charge in [0.05, 0.1) is 11.0 Å². The van der Waals surface area contributed by atoms with Crippen molar-refractivity contribution in [3.05, 3.63) is 29.6 Å². The highest BCUT2D eigenvalue weighted by atomic mass is 15.1. The summed E-state index contributed by atoms with van der Waals surface area (Å²) in [5, 5.41) is 3.50. The van der Waals surface area contributed by atoms with Crippen molar-refractivity contribution >= 4 is 11.0 Å². The van der Waals surface area contributed by atoms with Crippen LogP contribution in [0.5, 0.6) is 0 Å². The summed E-state index contributed by atoms with van der Waals surface area (Å²) in [6.07, 6.45) is 3.84. The molecule has 1 aromatic carbocycles. The molecule has 3 rings (SSSR count). The molecule has 1 unspecified atom stereocenters. The van der Waals surface area contributed by atoms with Gasteiger partial charge in [-0.2, -0.15) is 0 Å². The third-order valence-corrected chi connectivity index (χ3v) is 4.37. The summed E-state index contributed by atoms with van der Waals surface area (Å²) in [4.78, 5) is 4.74. The largest absolute Gasteiger partial charge is 0.326 e. The number of nitrogens with zero attached hydrogens (tertiary/aromatic N) is 2. The molecule has 1 fully saturated rings. The summed E-state index contributed by atoms with van der Waals surface area (Å²) in [5.41, 5.74) is 3.85. The van der Waals surface area contributed by atoms with Gasteiger partial charge in [-0.05, 0) is 76.7 Å². The maximum atomic E-state index is 4.74. The minimum absolute atomic E-state index is 0.466. The zero-order valence-corrected chi connectivity index (χ0v) is 12.8. The van der Waals surface area contributed by atoms with Crippen molar-refractivity contribution in [3.8, 4) is 0 Å². The van der Waals surface area contributed by atoms with Gasteiger partial charge in [0.1, 0.15) is 5.82 Å². The van der Waals surface area contributed by atoms with Gasteiger partial charge in [-0.1, -0.05) is 6.07 Å². The smallest absolute Gasteiger partial charge is 0.106 e. The second-order valence-corrected chi connectivity index (χ2v) is 6.36. The Bertz CT molecular complexity index is 592. The van der Waals surface area contributed by atoms with Crippen molar-refractivity contribution in [1.29, 1.82) is 0 Å². The first-order valence-corrected chi connectivity index (χ1v) is 7.83. The van der Waals surface area contributed by atoms with Crippen molar-refractivity contribution in [3.63, 3.8) is 0 Å². The van der Waals surface area contributed by atoms with Gasteiger partial charge in [0.25, 0.3) is 0 Å².